The summed E-state index contributed by atoms with van der Waals surface area (Å²) < 4.78 is 24.2. The molecule has 0 bridgehead atoms. The van der Waals surface area contributed by atoms with Crippen LogP contribution in [0.3, 0.4) is 0 Å². The number of nitrogens with one attached hydrogen (secondary N) is 1. The fourth-order valence-corrected chi connectivity index (χ4v) is 1.77. The normalized spacial score (nSPS) is 17.6. The highest BCUT2D eigenvalue weighted by molar-refractivity contribution is 5.31. The fraction of sp³-hybridized carbons (Fsp3) is 0.538. The Kier molecular flexibility index (Phi) is 3.97. The molecule has 4 heteroatoms. The van der Waals surface area contributed by atoms with Crippen molar-refractivity contribution in [3.8, 4) is 5.75 Å². The number of hydrogen-bond acceptors (Lipinski definition) is 3. The minimum Gasteiger partial charge on any atom is -0.483 e. The zero-order valence-electron chi connectivity index (χ0n) is 10.2. The molecule has 1 N–H and O–H groups in total. The topological polar surface area (TPSA) is 30.5 Å². The van der Waals surface area contributed by atoms with Crippen LogP contribution in [0.25, 0.3) is 0 Å². The van der Waals surface area contributed by atoms with Crippen LogP contribution in [0.1, 0.15) is 25.5 Å². The molecule has 1 heterocycles. The molecule has 1 saturated heterocycles. The van der Waals surface area contributed by atoms with E-state index in [-0.39, 0.29) is 18.0 Å². The number of halogens is 1. The summed E-state index contributed by atoms with van der Waals surface area (Å²) >= 11 is 0. The smallest absolute Gasteiger partial charge is 0.165 e. The lowest BCUT2D eigenvalue weighted by Crippen LogP contribution is -2.38. The van der Waals surface area contributed by atoms with Crippen LogP contribution in [-0.4, -0.2) is 25.9 Å². The van der Waals surface area contributed by atoms with E-state index in [4.69, 9.17) is 9.47 Å². The van der Waals surface area contributed by atoms with Crippen LogP contribution in [-0.2, 0) is 4.74 Å². The Bertz CT molecular complexity index is 380. The van der Waals surface area contributed by atoms with Crippen LogP contribution in [0.2, 0.25) is 0 Å². The molecule has 17 heavy (non-hydrogen) atoms. The zero-order chi connectivity index (χ0) is 12.3. The monoisotopic (exact) mass is 239 g/mol. The highest BCUT2D eigenvalue weighted by atomic mass is 19.1. The minimum atomic E-state index is -0.306. The Hall–Kier alpha value is -1.13. The first kappa shape index (κ1) is 12.3. The second kappa shape index (κ2) is 5.47. The van der Waals surface area contributed by atoms with Gasteiger partial charge >= 0.3 is 0 Å². The highest BCUT2D eigenvalue weighted by Gasteiger charge is 2.21. The molecule has 0 aliphatic carbocycles. The van der Waals surface area contributed by atoms with Gasteiger partial charge < -0.3 is 14.8 Å². The van der Waals surface area contributed by atoms with E-state index < -0.39 is 0 Å². The van der Waals surface area contributed by atoms with Gasteiger partial charge in [0.15, 0.2) is 11.6 Å². The molecule has 3 nitrogen and oxygen atoms in total. The Morgan fingerprint density at radius 2 is 2.29 bits per heavy atom. The predicted octanol–water partition coefficient (Wildman–Crippen LogP) is 2.27. The Balaban J connectivity index is 2.04. The third-order valence-corrected chi connectivity index (χ3v) is 2.87. The summed E-state index contributed by atoms with van der Waals surface area (Å²) in [5, 5.41) is 3.24. The van der Waals surface area contributed by atoms with Crippen LogP contribution in [0.5, 0.6) is 5.75 Å². The second-order valence-electron chi connectivity index (χ2n) is 4.25. The lowest BCUT2D eigenvalue weighted by molar-refractivity contribution is -0.0809. The third-order valence-electron chi connectivity index (χ3n) is 2.87. The van der Waals surface area contributed by atoms with Crippen molar-refractivity contribution in [3.63, 3.8) is 0 Å². The van der Waals surface area contributed by atoms with Crippen molar-refractivity contribution in [2.24, 2.45) is 0 Å². The molecule has 1 aliphatic rings. The highest BCUT2D eigenvalue weighted by Crippen LogP contribution is 2.24. The molecule has 94 valence electrons. The third kappa shape index (κ3) is 2.96. The maximum absolute atomic E-state index is 13.8. The van der Waals surface area contributed by atoms with Crippen molar-refractivity contribution >= 4 is 0 Å². The van der Waals surface area contributed by atoms with Crippen LogP contribution in [0.15, 0.2) is 18.2 Å². The van der Waals surface area contributed by atoms with Crippen molar-refractivity contribution in [2.75, 3.05) is 19.8 Å². The maximum Gasteiger partial charge on any atom is 0.165 e. The van der Waals surface area contributed by atoms with E-state index in [1.54, 1.807) is 6.07 Å². The van der Waals surface area contributed by atoms with E-state index in [2.05, 4.69) is 5.32 Å². The first-order chi connectivity index (χ1) is 8.20. The number of hydrogen-bond donors (Lipinski definition) is 1. The van der Waals surface area contributed by atoms with Gasteiger partial charge in [-0.3, -0.25) is 0 Å². The van der Waals surface area contributed by atoms with E-state index in [1.807, 2.05) is 19.9 Å². The van der Waals surface area contributed by atoms with Gasteiger partial charge in [-0.2, -0.15) is 0 Å². The number of rotatable bonds is 5. The van der Waals surface area contributed by atoms with Crippen LogP contribution in [0.4, 0.5) is 4.39 Å². The van der Waals surface area contributed by atoms with E-state index in [9.17, 15) is 4.39 Å². The largest absolute Gasteiger partial charge is 0.483 e. The van der Waals surface area contributed by atoms with Crippen LogP contribution in [0, 0.1) is 5.82 Å². The molecule has 1 aromatic rings. The van der Waals surface area contributed by atoms with Gasteiger partial charge in [0.05, 0.1) is 13.2 Å². The molecule has 1 aromatic carbocycles. The van der Waals surface area contributed by atoms with Gasteiger partial charge in [-0.1, -0.05) is 13.0 Å². The maximum atomic E-state index is 13.8. The van der Waals surface area contributed by atoms with Crippen molar-refractivity contribution in [2.45, 2.75) is 26.0 Å². The summed E-state index contributed by atoms with van der Waals surface area (Å²) in [6.45, 7) is 6.00. The predicted molar refractivity (Wildman–Crippen MR) is 63.7 cm³/mol. The van der Waals surface area contributed by atoms with Gasteiger partial charge in [-0.05, 0) is 31.2 Å². The van der Waals surface area contributed by atoms with Gasteiger partial charge in [-0.25, -0.2) is 4.39 Å². The summed E-state index contributed by atoms with van der Waals surface area (Å²) in [4.78, 5) is 0. The Morgan fingerprint density at radius 1 is 1.53 bits per heavy atom. The molecule has 1 unspecified atom stereocenters. The van der Waals surface area contributed by atoms with E-state index in [1.165, 1.54) is 6.07 Å². The van der Waals surface area contributed by atoms with E-state index >= 15 is 0 Å². The second-order valence-corrected chi connectivity index (χ2v) is 4.25. The summed E-state index contributed by atoms with van der Waals surface area (Å²) in [5.41, 5.74) is 0.932. The van der Waals surface area contributed by atoms with Gasteiger partial charge in [0.25, 0.3) is 0 Å². The summed E-state index contributed by atoms with van der Waals surface area (Å²) in [5.74, 6) is 0.00454. The molecular formula is C13H18FNO2. The molecule has 1 fully saturated rings. The molecular weight excluding hydrogens is 221 g/mol. The van der Waals surface area contributed by atoms with E-state index in [0.29, 0.717) is 19.0 Å². The average molecular weight is 239 g/mol. The molecule has 0 radical (unpaired) electrons. The van der Waals surface area contributed by atoms with Gasteiger partial charge in [0, 0.05) is 6.04 Å². The fourth-order valence-electron chi connectivity index (χ4n) is 1.77. The lowest BCUT2D eigenvalue weighted by Gasteiger charge is -2.27. The molecule has 0 spiro atoms. The molecule has 1 atom stereocenters. The average Bonchev–Trinajstić information content (AvgIpc) is 2.25. The summed E-state index contributed by atoms with van der Waals surface area (Å²) in [6, 6.07) is 5.26. The number of ether oxygens (including phenoxy) is 2. The molecule has 2 rings (SSSR count). The molecule has 1 aliphatic heterocycles. The summed E-state index contributed by atoms with van der Waals surface area (Å²) in [7, 11) is 0. The van der Waals surface area contributed by atoms with Gasteiger partial charge in [0.1, 0.15) is 6.10 Å². The van der Waals surface area contributed by atoms with Crippen molar-refractivity contribution in [3.05, 3.63) is 29.6 Å². The first-order valence-electron chi connectivity index (χ1n) is 5.98. The van der Waals surface area contributed by atoms with Crippen molar-refractivity contribution in [1.82, 2.24) is 5.32 Å². The van der Waals surface area contributed by atoms with Gasteiger partial charge in [0.2, 0.25) is 0 Å². The Labute approximate surface area is 101 Å². The Morgan fingerprint density at radius 3 is 2.82 bits per heavy atom. The van der Waals surface area contributed by atoms with Crippen LogP contribution < -0.4 is 10.1 Å². The quantitative estimate of drug-likeness (QED) is 0.855. The number of benzene rings is 1. The molecule has 0 saturated carbocycles. The van der Waals surface area contributed by atoms with Crippen molar-refractivity contribution in [1.29, 1.82) is 0 Å². The summed E-state index contributed by atoms with van der Waals surface area (Å²) in [6.07, 6.45) is 0.00143. The molecule has 0 amide bonds. The van der Waals surface area contributed by atoms with Gasteiger partial charge in [-0.15, -0.1) is 0 Å². The zero-order valence-corrected chi connectivity index (χ0v) is 10.2. The first-order valence-corrected chi connectivity index (χ1v) is 5.98. The van der Waals surface area contributed by atoms with Crippen LogP contribution >= 0.6 is 0 Å². The molecule has 0 aromatic heterocycles. The SMILES string of the molecule is CCNC(C)c1ccc(OC2COC2)c(F)c1. The minimum absolute atomic E-state index is 0.00143. The van der Waals surface area contributed by atoms with Crippen molar-refractivity contribution < 1.29 is 13.9 Å². The standard InChI is InChI=1S/C13H18FNO2/c1-3-15-9(2)10-4-5-13(12(14)6-10)17-11-7-16-8-11/h4-6,9,11,15H,3,7-8H2,1-2H3. The van der Waals surface area contributed by atoms with E-state index in [0.717, 1.165) is 12.1 Å². The lowest BCUT2D eigenvalue weighted by atomic mass is 10.1.